The molecule has 0 heterocycles. The molecule has 0 bridgehead atoms. The molecular weight excluding hydrogens is 240 g/mol. The van der Waals surface area contributed by atoms with E-state index >= 15 is 0 Å². The number of hydrogen-bond donors (Lipinski definition) is 1. The van der Waals surface area contributed by atoms with Gasteiger partial charge in [0.15, 0.2) is 0 Å². The van der Waals surface area contributed by atoms with E-state index in [1.54, 1.807) is 6.92 Å². The maximum absolute atomic E-state index is 11.1. The summed E-state index contributed by atoms with van der Waals surface area (Å²) in [6.45, 7) is 9.27. The van der Waals surface area contributed by atoms with E-state index in [9.17, 15) is 9.59 Å². The van der Waals surface area contributed by atoms with Crippen molar-refractivity contribution < 1.29 is 29.2 Å². The summed E-state index contributed by atoms with van der Waals surface area (Å²) >= 11 is 0. The van der Waals surface area contributed by atoms with Crippen molar-refractivity contribution in [2.75, 3.05) is 13.2 Å². The third kappa shape index (κ3) is 12.3. The molecule has 104 valence electrons. The molecule has 1 N–H and O–H groups in total. The number of carboxylic acids is 1. The third-order valence-electron chi connectivity index (χ3n) is 1.46. The zero-order valence-electron chi connectivity index (χ0n) is 11.0. The molecule has 0 aliphatic carbocycles. The van der Waals surface area contributed by atoms with E-state index in [2.05, 4.69) is 16.4 Å². The van der Waals surface area contributed by atoms with Gasteiger partial charge in [-0.2, -0.15) is 4.89 Å². The predicted octanol–water partition coefficient (Wildman–Crippen LogP) is 2.07. The zero-order valence-corrected chi connectivity index (χ0v) is 11.0. The number of carbonyl (C=O) groups is 2. The number of carboxylic acid groups (broad SMARTS) is 1. The number of aliphatic carboxylic acids is 1. The van der Waals surface area contributed by atoms with Crippen LogP contribution in [0.25, 0.3) is 0 Å². The Morgan fingerprint density at radius 3 is 2.11 bits per heavy atom. The van der Waals surface area contributed by atoms with Crippen LogP contribution in [0.1, 0.15) is 27.2 Å². The van der Waals surface area contributed by atoms with Crippen molar-refractivity contribution in [3.63, 3.8) is 0 Å². The average molecular weight is 260 g/mol. The molecule has 0 aliphatic rings. The van der Waals surface area contributed by atoms with Gasteiger partial charge in [-0.3, -0.25) is 4.89 Å². The molecule has 0 amide bonds. The van der Waals surface area contributed by atoms with Gasteiger partial charge in [0.05, 0.1) is 25.0 Å². The molecule has 18 heavy (non-hydrogen) atoms. The van der Waals surface area contributed by atoms with Crippen LogP contribution in [-0.2, 0) is 24.1 Å². The van der Waals surface area contributed by atoms with Crippen LogP contribution in [0.3, 0.4) is 0 Å². The minimum Gasteiger partial charge on any atom is -0.501 e. The van der Waals surface area contributed by atoms with Gasteiger partial charge in [-0.1, -0.05) is 13.5 Å². The third-order valence-corrected chi connectivity index (χ3v) is 1.46. The van der Waals surface area contributed by atoms with Crippen LogP contribution < -0.4 is 0 Å². The minimum atomic E-state index is -0.981. The second-order valence-corrected chi connectivity index (χ2v) is 2.77. The van der Waals surface area contributed by atoms with Gasteiger partial charge < -0.3 is 9.84 Å². The summed E-state index contributed by atoms with van der Waals surface area (Å²) in [6.07, 6.45) is 2.80. The summed E-state index contributed by atoms with van der Waals surface area (Å²) in [7, 11) is 0. The van der Waals surface area contributed by atoms with Crippen molar-refractivity contribution in [2.24, 2.45) is 0 Å². The lowest BCUT2D eigenvalue weighted by atomic mass is 10.2. The Kier molecular flexibility index (Phi) is 13.6. The molecule has 0 radical (unpaired) electrons. The number of carbonyl (C=O) groups excluding carboxylic acids is 1. The maximum atomic E-state index is 11.1. The Morgan fingerprint density at radius 2 is 1.78 bits per heavy atom. The SMILES string of the molecule is C=CC(=O)O.CCOC=C(CC)C(=O)OOCC. The quantitative estimate of drug-likeness (QED) is 0.326. The average Bonchev–Trinajstić information content (AvgIpc) is 2.37. The molecule has 0 spiro atoms. The molecule has 0 fully saturated rings. The van der Waals surface area contributed by atoms with Crippen molar-refractivity contribution >= 4 is 11.9 Å². The van der Waals surface area contributed by atoms with E-state index in [1.165, 1.54) is 6.26 Å². The molecule has 0 unspecified atom stereocenters. The fraction of sp³-hybridized carbons (Fsp3) is 0.500. The first-order valence-electron chi connectivity index (χ1n) is 5.53. The van der Waals surface area contributed by atoms with Crippen LogP contribution in [-0.4, -0.2) is 30.3 Å². The Bertz CT molecular complexity index is 282. The highest BCUT2D eigenvalue weighted by Gasteiger charge is 2.09. The molecule has 0 aliphatic heterocycles. The number of rotatable bonds is 7. The highest BCUT2D eigenvalue weighted by Crippen LogP contribution is 2.04. The standard InChI is InChI=1S/C9H16O4.C3H4O2/c1-4-8(7-11-5-2)9(10)13-12-6-3;1-2-3(4)5/h7H,4-6H2,1-3H3;2H,1H2,(H,4,5). The van der Waals surface area contributed by atoms with Gasteiger partial charge in [0.1, 0.15) is 0 Å². The van der Waals surface area contributed by atoms with E-state index in [0.29, 0.717) is 25.2 Å². The van der Waals surface area contributed by atoms with Crippen LogP contribution in [0, 0.1) is 0 Å². The first-order valence-corrected chi connectivity index (χ1v) is 5.53. The fourth-order valence-corrected chi connectivity index (χ4v) is 0.626. The monoisotopic (exact) mass is 260 g/mol. The Morgan fingerprint density at radius 1 is 1.22 bits per heavy atom. The molecule has 0 rings (SSSR count). The Hall–Kier alpha value is -1.82. The maximum Gasteiger partial charge on any atom is 0.372 e. The molecule has 0 atom stereocenters. The van der Waals surface area contributed by atoms with Crippen molar-refractivity contribution in [3.05, 3.63) is 24.5 Å². The van der Waals surface area contributed by atoms with Gasteiger partial charge in [-0.05, 0) is 20.3 Å². The molecule has 6 nitrogen and oxygen atoms in total. The lowest BCUT2D eigenvalue weighted by molar-refractivity contribution is -0.265. The van der Waals surface area contributed by atoms with Gasteiger partial charge >= 0.3 is 11.9 Å². The normalized spacial score (nSPS) is 9.83. The first kappa shape index (κ1) is 18.5. The summed E-state index contributed by atoms with van der Waals surface area (Å²) in [4.78, 5) is 29.4. The smallest absolute Gasteiger partial charge is 0.372 e. The molecule has 0 aromatic rings. The number of hydrogen-bond acceptors (Lipinski definition) is 5. The van der Waals surface area contributed by atoms with Gasteiger partial charge in [0.2, 0.25) is 0 Å². The van der Waals surface area contributed by atoms with Crippen LogP contribution in [0.4, 0.5) is 0 Å². The van der Waals surface area contributed by atoms with Crippen LogP contribution in [0.2, 0.25) is 0 Å². The highest BCUT2D eigenvalue weighted by atomic mass is 17.2. The Labute approximate surface area is 107 Å². The van der Waals surface area contributed by atoms with Crippen LogP contribution in [0.5, 0.6) is 0 Å². The predicted molar refractivity (Wildman–Crippen MR) is 65.6 cm³/mol. The zero-order chi connectivity index (χ0) is 14.4. The lowest BCUT2D eigenvalue weighted by Gasteiger charge is -2.03. The van der Waals surface area contributed by atoms with E-state index in [4.69, 9.17) is 9.84 Å². The second-order valence-electron chi connectivity index (χ2n) is 2.77. The van der Waals surface area contributed by atoms with Crippen molar-refractivity contribution in [2.45, 2.75) is 27.2 Å². The molecule has 0 aromatic carbocycles. The van der Waals surface area contributed by atoms with E-state index in [1.807, 2.05) is 13.8 Å². The molecule has 0 saturated carbocycles. The van der Waals surface area contributed by atoms with Gasteiger partial charge in [-0.25, -0.2) is 9.59 Å². The van der Waals surface area contributed by atoms with Crippen molar-refractivity contribution in [1.82, 2.24) is 0 Å². The van der Waals surface area contributed by atoms with Crippen LogP contribution in [0.15, 0.2) is 24.5 Å². The topological polar surface area (TPSA) is 82.1 Å². The van der Waals surface area contributed by atoms with Crippen LogP contribution >= 0.6 is 0 Å². The van der Waals surface area contributed by atoms with Crippen molar-refractivity contribution in [3.8, 4) is 0 Å². The largest absolute Gasteiger partial charge is 0.501 e. The summed E-state index contributed by atoms with van der Waals surface area (Å²) < 4.78 is 4.97. The van der Waals surface area contributed by atoms with Gasteiger partial charge in [-0.15, -0.1) is 0 Å². The summed E-state index contributed by atoms with van der Waals surface area (Å²) in [5, 5.41) is 7.60. The van der Waals surface area contributed by atoms with Gasteiger partial charge in [0, 0.05) is 6.08 Å². The molecule has 0 aromatic heterocycles. The van der Waals surface area contributed by atoms with Gasteiger partial charge in [0.25, 0.3) is 0 Å². The minimum absolute atomic E-state index is 0.345. The summed E-state index contributed by atoms with van der Waals surface area (Å²) in [5.41, 5.74) is 0.468. The summed E-state index contributed by atoms with van der Waals surface area (Å²) in [6, 6.07) is 0. The molecule has 6 heteroatoms. The lowest BCUT2D eigenvalue weighted by Crippen LogP contribution is -2.08. The van der Waals surface area contributed by atoms with E-state index < -0.39 is 11.9 Å². The number of ether oxygens (including phenoxy) is 1. The second kappa shape index (κ2) is 13.2. The van der Waals surface area contributed by atoms with E-state index in [0.717, 1.165) is 6.08 Å². The Balaban J connectivity index is 0. The van der Waals surface area contributed by atoms with Crippen molar-refractivity contribution in [1.29, 1.82) is 0 Å². The van der Waals surface area contributed by atoms with E-state index in [-0.39, 0.29) is 0 Å². The molecule has 0 saturated heterocycles. The molecular formula is C12H20O6. The summed E-state index contributed by atoms with van der Waals surface area (Å²) in [5.74, 6) is -1.47. The first-order chi connectivity index (χ1) is 8.53. The highest BCUT2D eigenvalue weighted by molar-refractivity contribution is 5.87. The fourth-order valence-electron chi connectivity index (χ4n) is 0.626.